The third-order valence-corrected chi connectivity index (χ3v) is 1.32. The van der Waals surface area contributed by atoms with Gasteiger partial charge in [0.25, 0.3) is 0 Å². The molecule has 1 saturated heterocycles. The van der Waals surface area contributed by atoms with Crippen LogP contribution in [0.5, 0.6) is 0 Å². The normalized spacial score (nSPS) is 20.5. The molecule has 1 N–H and O–H groups in total. The molecule has 1 heterocycles. The summed E-state index contributed by atoms with van der Waals surface area (Å²) >= 11 is 0. The minimum Gasteiger partial charge on any atom is -0.447 e. The van der Waals surface area contributed by atoms with Crippen LogP contribution in [0.25, 0.3) is 0 Å². The maximum absolute atomic E-state index is 10.7. The second-order valence-electron chi connectivity index (χ2n) is 1.96. The zero-order chi connectivity index (χ0) is 7.56. The third kappa shape index (κ3) is 1.11. The first-order valence-corrected chi connectivity index (χ1v) is 2.99. The standard InChI is InChI=1S/C6H9NO3/c1-2-5(8)7-3-4-10-6(7)9/h2,5,8H,1,3-4H2. The third-order valence-electron chi connectivity index (χ3n) is 1.32. The summed E-state index contributed by atoms with van der Waals surface area (Å²) in [5.74, 6) is 0. The SMILES string of the molecule is C=CC(O)N1CCOC1=O. The summed E-state index contributed by atoms with van der Waals surface area (Å²) < 4.78 is 4.57. The Bertz CT molecular complexity index is 157. The number of aliphatic hydroxyl groups excluding tert-OH is 1. The second-order valence-corrected chi connectivity index (χ2v) is 1.96. The molecule has 10 heavy (non-hydrogen) atoms. The highest BCUT2D eigenvalue weighted by atomic mass is 16.6. The van der Waals surface area contributed by atoms with E-state index in [-0.39, 0.29) is 0 Å². The van der Waals surface area contributed by atoms with Gasteiger partial charge in [0.05, 0.1) is 6.54 Å². The van der Waals surface area contributed by atoms with Crippen molar-refractivity contribution >= 4 is 6.09 Å². The molecule has 4 heteroatoms. The number of rotatable bonds is 2. The molecule has 1 rings (SSSR count). The number of amides is 1. The number of carbonyl (C=O) groups is 1. The van der Waals surface area contributed by atoms with Gasteiger partial charge in [-0.1, -0.05) is 6.58 Å². The van der Waals surface area contributed by atoms with Crippen LogP contribution in [0.3, 0.4) is 0 Å². The molecule has 4 nitrogen and oxygen atoms in total. The molecule has 0 aliphatic carbocycles. The highest BCUT2D eigenvalue weighted by molar-refractivity contribution is 5.69. The van der Waals surface area contributed by atoms with Gasteiger partial charge in [-0.15, -0.1) is 0 Å². The summed E-state index contributed by atoms with van der Waals surface area (Å²) in [6.07, 6.45) is -0.102. The quantitative estimate of drug-likeness (QED) is 0.551. The Hall–Kier alpha value is -1.03. The summed E-state index contributed by atoms with van der Waals surface area (Å²) in [7, 11) is 0. The van der Waals surface area contributed by atoms with Crippen LogP contribution >= 0.6 is 0 Å². The molecule has 1 unspecified atom stereocenters. The van der Waals surface area contributed by atoms with E-state index in [1.807, 2.05) is 0 Å². The zero-order valence-corrected chi connectivity index (χ0v) is 5.49. The van der Waals surface area contributed by atoms with E-state index < -0.39 is 12.3 Å². The molecule has 0 aromatic carbocycles. The maximum atomic E-state index is 10.7. The Balaban J connectivity index is 2.54. The average molecular weight is 143 g/mol. The number of cyclic esters (lactones) is 1. The van der Waals surface area contributed by atoms with Crippen LogP contribution in [0.15, 0.2) is 12.7 Å². The number of hydrogen-bond donors (Lipinski definition) is 1. The lowest BCUT2D eigenvalue weighted by atomic mass is 10.5. The highest BCUT2D eigenvalue weighted by Crippen LogP contribution is 2.06. The Labute approximate surface area is 58.7 Å². The number of aliphatic hydroxyl groups is 1. The van der Waals surface area contributed by atoms with Crippen LogP contribution in [0.4, 0.5) is 4.79 Å². The van der Waals surface area contributed by atoms with E-state index in [9.17, 15) is 4.79 Å². The highest BCUT2D eigenvalue weighted by Gasteiger charge is 2.25. The van der Waals surface area contributed by atoms with Crippen molar-refractivity contribution in [2.24, 2.45) is 0 Å². The van der Waals surface area contributed by atoms with E-state index in [0.29, 0.717) is 13.2 Å². The van der Waals surface area contributed by atoms with E-state index in [1.165, 1.54) is 11.0 Å². The van der Waals surface area contributed by atoms with Crippen LogP contribution in [-0.2, 0) is 4.74 Å². The molecule has 0 aromatic heterocycles. The topological polar surface area (TPSA) is 49.8 Å². The first-order valence-electron chi connectivity index (χ1n) is 2.99. The van der Waals surface area contributed by atoms with Gasteiger partial charge >= 0.3 is 6.09 Å². The van der Waals surface area contributed by atoms with Crippen molar-refractivity contribution in [3.63, 3.8) is 0 Å². The average Bonchev–Trinajstić information content (AvgIpc) is 2.34. The fraction of sp³-hybridized carbons (Fsp3) is 0.500. The molecule has 1 amide bonds. The van der Waals surface area contributed by atoms with E-state index in [4.69, 9.17) is 5.11 Å². The van der Waals surface area contributed by atoms with Gasteiger partial charge in [-0.3, -0.25) is 4.90 Å². The molecule has 0 saturated carbocycles. The largest absolute Gasteiger partial charge is 0.447 e. The lowest BCUT2D eigenvalue weighted by molar-refractivity contribution is 0.0724. The van der Waals surface area contributed by atoms with Crippen molar-refractivity contribution in [3.05, 3.63) is 12.7 Å². The van der Waals surface area contributed by atoms with Gasteiger partial charge in [-0.25, -0.2) is 4.79 Å². The Morgan fingerprint density at radius 1 is 1.90 bits per heavy atom. The Morgan fingerprint density at radius 2 is 2.60 bits per heavy atom. The molecule has 56 valence electrons. The van der Waals surface area contributed by atoms with Crippen molar-refractivity contribution in [1.82, 2.24) is 4.90 Å². The molecule has 0 radical (unpaired) electrons. The molecule has 1 aliphatic rings. The van der Waals surface area contributed by atoms with Gasteiger partial charge in [-0.2, -0.15) is 0 Å². The van der Waals surface area contributed by atoms with Crippen LogP contribution in [0.1, 0.15) is 0 Å². The fourth-order valence-corrected chi connectivity index (χ4v) is 0.773. The summed E-state index contributed by atoms with van der Waals surface area (Å²) in [5.41, 5.74) is 0. The lowest BCUT2D eigenvalue weighted by Gasteiger charge is -2.15. The molecule has 0 aromatic rings. The zero-order valence-electron chi connectivity index (χ0n) is 5.49. The van der Waals surface area contributed by atoms with Gasteiger partial charge in [-0.05, 0) is 6.08 Å². The van der Waals surface area contributed by atoms with Crippen LogP contribution in [-0.4, -0.2) is 35.5 Å². The maximum Gasteiger partial charge on any atom is 0.412 e. The number of nitrogens with zero attached hydrogens (tertiary/aromatic N) is 1. The molecular formula is C6H9NO3. The van der Waals surface area contributed by atoms with Crippen molar-refractivity contribution in [2.75, 3.05) is 13.2 Å². The smallest absolute Gasteiger partial charge is 0.412 e. The Kier molecular flexibility index (Phi) is 1.91. The fourth-order valence-electron chi connectivity index (χ4n) is 0.773. The number of hydrogen-bond acceptors (Lipinski definition) is 3. The first kappa shape index (κ1) is 7.08. The summed E-state index contributed by atoms with van der Waals surface area (Å²) in [4.78, 5) is 11.9. The monoisotopic (exact) mass is 143 g/mol. The van der Waals surface area contributed by atoms with Gasteiger partial charge in [0.1, 0.15) is 6.61 Å². The van der Waals surface area contributed by atoms with Gasteiger partial charge in [0.15, 0.2) is 6.23 Å². The van der Waals surface area contributed by atoms with Gasteiger partial charge in [0.2, 0.25) is 0 Å². The first-order chi connectivity index (χ1) is 4.75. The van der Waals surface area contributed by atoms with Crippen molar-refractivity contribution < 1.29 is 14.6 Å². The van der Waals surface area contributed by atoms with E-state index in [0.717, 1.165) is 0 Å². The molecule has 0 spiro atoms. The minimum absolute atomic E-state index is 0.351. The molecule has 1 aliphatic heterocycles. The molecular weight excluding hydrogens is 134 g/mol. The summed E-state index contributed by atoms with van der Waals surface area (Å²) in [6, 6.07) is 0. The predicted octanol–water partition coefficient (Wildman–Crippen LogP) is -0.0570. The van der Waals surface area contributed by atoms with Crippen LogP contribution in [0, 0.1) is 0 Å². The van der Waals surface area contributed by atoms with Crippen LogP contribution < -0.4 is 0 Å². The van der Waals surface area contributed by atoms with Gasteiger partial charge in [0, 0.05) is 0 Å². The minimum atomic E-state index is -0.907. The molecule has 1 fully saturated rings. The van der Waals surface area contributed by atoms with E-state index >= 15 is 0 Å². The summed E-state index contributed by atoms with van der Waals surface area (Å²) in [6.45, 7) is 4.13. The van der Waals surface area contributed by atoms with Crippen molar-refractivity contribution in [1.29, 1.82) is 0 Å². The van der Waals surface area contributed by atoms with E-state index in [1.54, 1.807) is 0 Å². The van der Waals surface area contributed by atoms with Crippen molar-refractivity contribution in [2.45, 2.75) is 6.23 Å². The predicted molar refractivity (Wildman–Crippen MR) is 34.3 cm³/mol. The second kappa shape index (κ2) is 2.70. The lowest BCUT2D eigenvalue weighted by Crippen LogP contribution is -2.33. The van der Waals surface area contributed by atoms with Gasteiger partial charge < -0.3 is 9.84 Å². The molecule has 1 atom stereocenters. The van der Waals surface area contributed by atoms with Crippen LogP contribution in [0.2, 0.25) is 0 Å². The van der Waals surface area contributed by atoms with E-state index in [2.05, 4.69) is 11.3 Å². The van der Waals surface area contributed by atoms with Crippen molar-refractivity contribution in [3.8, 4) is 0 Å². The Morgan fingerprint density at radius 3 is 3.00 bits per heavy atom. The number of carbonyl (C=O) groups excluding carboxylic acids is 1. The summed E-state index contributed by atoms with van der Waals surface area (Å²) in [5, 5.41) is 9.04. The molecule has 0 bridgehead atoms. The number of ether oxygens (including phenoxy) is 1.